The highest BCUT2D eigenvalue weighted by Crippen LogP contribution is 2.09. The Morgan fingerprint density at radius 3 is 2.83 bits per heavy atom. The van der Waals surface area contributed by atoms with Crippen LogP contribution in [-0.2, 0) is 6.54 Å². The number of hydrogen-bond donors (Lipinski definition) is 1. The second-order valence-corrected chi connectivity index (χ2v) is 3.94. The zero-order valence-corrected chi connectivity index (χ0v) is 9.42. The predicted octanol–water partition coefficient (Wildman–Crippen LogP) is 1.08. The molecule has 89 valence electrons. The van der Waals surface area contributed by atoms with Gasteiger partial charge in [-0.15, -0.1) is 0 Å². The lowest BCUT2D eigenvalue weighted by atomic mass is 10.2. The third-order valence-electron chi connectivity index (χ3n) is 2.68. The highest BCUT2D eigenvalue weighted by atomic mass is 16.1. The van der Waals surface area contributed by atoms with Gasteiger partial charge in [-0.3, -0.25) is 15.5 Å². The maximum Gasteiger partial charge on any atom is 0.278 e. The molecule has 3 rings (SSSR count). The van der Waals surface area contributed by atoms with E-state index in [1.54, 1.807) is 10.9 Å². The molecule has 1 aromatic carbocycles. The van der Waals surface area contributed by atoms with Gasteiger partial charge < -0.3 is 4.57 Å². The Balaban J connectivity index is 2.11. The van der Waals surface area contributed by atoms with Crippen LogP contribution in [0.2, 0.25) is 0 Å². The number of nitrogens with zero attached hydrogens (tertiary/aromatic N) is 3. The van der Waals surface area contributed by atoms with Crippen molar-refractivity contribution < 1.29 is 0 Å². The van der Waals surface area contributed by atoms with E-state index in [2.05, 4.69) is 15.0 Å². The summed E-state index contributed by atoms with van der Waals surface area (Å²) in [6.45, 7) is 0.555. The molecule has 6 nitrogen and oxygen atoms in total. The van der Waals surface area contributed by atoms with E-state index in [-0.39, 0.29) is 11.5 Å². The van der Waals surface area contributed by atoms with Crippen molar-refractivity contribution in [1.29, 1.82) is 0 Å². The molecule has 18 heavy (non-hydrogen) atoms. The van der Waals surface area contributed by atoms with Gasteiger partial charge in [0.15, 0.2) is 11.2 Å². The monoisotopic (exact) mass is 240 g/mol. The van der Waals surface area contributed by atoms with Gasteiger partial charge in [0.1, 0.15) is 0 Å². The van der Waals surface area contributed by atoms with E-state index in [1.165, 1.54) is 0 Å². The van der Waals surface area contributed by atoms with Crippen molar-refractivity contribution >= 4 is 17.1 Å². The average Bonchev–Trinajstić information content (AvgIpc) is 2.73. The van der Waals surface area contributed by atoms with Gasteiger partial charge >= 0.3 is 0 Å². The van der Waals surface area contributed by atoms with Crippen molar-refractivity contribution in [1.82, 2.24) is 25.3 Å². The van der Waals surface area contributed by atoms with Crippen LogP contribution in [0.1, 0.15) is 5.56 Å². The van der Waals surface area contributed by atoms with E-state index in [9.17, 15) is 4.79 Å². The van der Waals surface area contributed by atoms with Crippen LogP contribution >= 0.6 is 0 Å². The van der Waals surface area contributed by atoms with Gasteiger partial charge in [-0.25, -0.2) is 4.98 Å². The first kappa shape index (κ1) is 10.5. The normalized spacial score (nSPS) is 10.9. The molecule has 2 N–H and O–H groups in total. The Bertz CT molecular complexity index is 744. The maximum absolute atomic E-state index is 11.8. The summed E-state index contributed by atoms with van der Waals surface area (Å²) in [4.78, 5) is 22.1. The van der Waals surface area contributed by atoms with Crippen LogP contribution in [-0.4, -0.2) is 19.5 Å². The van der Waals surface area contributed by atoms with E-state index < -0.39 is 0 Å². The first-order chi connectivity index (χ1) is 8.74. The molecule has 2 heterocycles. The van der Waals surface area contributed by atoms with Crippen molar-refractivity contribution in [2.45, 2.75) is 6.54 Å². The van der Waals surface area contributed by atoms with Gasteiger partial charge in [-0.1, -0.05) is 30.3 Å². The van der Waals surface area contributed by atoms with Crippen LogP contribution in [0.25, 0.3) is 11.2 Å². The average molecular weight is 240 g/mol. The molecule has 0 aliphatic heterocycles. The molecular formula is C12H10N5O. The summed E-state index contributed by atoms with van der Waals surface area (Å²) in [6.07, 6.45) is 1.57. The number of nitrogens with one attached hydrogen (secondary N) is 2. The number of imidazole rings is 1. The quantitative estimate of drug-likeness (QED) is 0.727. The number of aromatic amines is 1. The molecule has 0 aliphatic rings. The summed E-state index contributed by atoms with van der Waals surface area (Å²) in [5.74, 6) is -0.169. The Morgan fingerprint density at radius 1 is 1.28 bits per heavy atom. The van der Waals surface area contributed by atoms with Crippen molar-refractivity contribution in [2.75, 3.05) is 0 Å². The number of benzene rings is 1. The molecule has 2 aromatic heterocycles. The molecule has 0 saturated carbocycles. The first-order valence-corrected chi connectivity index (χ1v) is 5.45. The Kier molecular flexibility index (Phi) is 2.33. The fourth-order valence-electron chi connectivity index (χ4n) is 1.89. The molecule has 0 amide bonds. The minimum Gasteiger partial charge on any atom is -0.320 e. The predicted molar refractivity (Wildman–Crippen MR) is 66.4 cm³/mol. The molecule has 0 bridgehead atoms. The fourth-order valence-corrected chi connectivity index (χ4v) is 1.89. The van der Waals surface area contributed by atoms with Gasteiger partial charge in [0.25, 0.3) is 5.56 Å². The summed E-state index contributed by atoms with van der Waals surface area (Å²) in [7, 11) is 0. The Labute approximate surface area is 102 Å². The van der Waals surface area contributed by atoms with Crippen LogP contribution in [0.5, 0.6) is 0 Å². The highest BCUT2D eigenvalue weighted by molar-refractivity contribution is 5.70. The van der Waals surface area contributed by atoms with Gasteiger partial charge in [-0.05, 0) is 5.56 Å². The lowest BCUT2D eigenvalue weighted by Gasteiger charge is -2.03. The number of fused-ring (bicyclic) bond motifs is 1. The molecule has 3 aromatic rings. The lowest BCUT2D eigenvalue weighted by Crippen LogP contribution is -2.12. The highest BCUT2D eigenvalue weighted by Gasteiger charge is 2.09. The number of rotatable bonds is 2. The second-order valence-electron chi connectivity index (χ2n) is 3.94. The number of H-pyrrole nitrogens is 1. The van der Waals surface area contributed by atoms with Crippen LogP contribution in [0.4, 0.5) is 5.95 Å². The number of aromatic nitrogens is 4. The summed E-state index contributed by atoms with van der Waals surface area (Å²) in [6, 6.07) is 9.78. The summed E-state index contributed by atoms with van der Waals surface area (Å²) < 4.78 is 1.73. The van der Waals surface area contributed by atoms with E-state index in [4.69, 9.17) is 5.73 Å². The maximum atomic E-state index is 11.8. The summed E-state index contributed by atoms with van der Waals surface area (Å²) in [5, 5.41) is 0. The zero-order chi connectivity index (χ0) is 12.5. The molecule has 1 radical (unpaired) electrons. The minimum atomic E-state index is -0.335. The third kappa shape index (κ3) is 1.73. The molecular weight excluding hydrogens is 230 g/mol. The molecule has 0 aliphatic carbocycles. The summed E-state index contributed by atoms with van der Waals surface area (Å²) in [5.41, 5.74) is 8.78. The van der Waals surface area contributed by atoms with Gasteiger partial charge in [-0.2, -0.15) is 4.98 Å². The largest absolute Gasteiger partial charge is 0.320 e. The van der Waals surface area contributed by atoms with E-state index in [1.807, 2.05) is 30.3 Å². The van der Waals surface area contributed by atoms with Crippen LogP contribution in [0.3, 0.4) is 0 Å². The molecule has 0 atom stereocenters. The zero-order valence-electron chi connectivity index (χ0n) is 9.42. The van der Waals surface area contributed by atoms with Crippen molar-refractivity contribution in [2.24, 2.45) is 0 Å². The molecule has 0 saturated heterocycles. The molecule has 0 spiro atoms. The first-order valence-electron chi connectivity index (χ1n) is 5.45. The van der Waals surface area contributed by atoms with Crippen molar-refractivity contribution in [3.63, 3.8) is 0 Å². The SMILES string of the molecule is [NH]c1nc2ncn(Cc3ccccc3)c2c(=O)[nH]1. The van der Waals surface area contributed by atoms with E-state index in [0.29, 0.717) is 17.7 Å². The van der Waals surface area contributed by atoms with Crippen LogP contribution in [0, 0.1) is 0 Å². The smallest absolute Gasteiger partial charge is 0.278 e. The van der Waals surface area contributed by atoms with E-state index >= 15 is 0 Å². The number of hydrogen-bond acceptors (Lipinski definition) is 3. The standard InChI is InChI=1S/C12H10N5O/c13-12-15-10-9(11(18)16-12)17(7-14-10)6-8-4-2-1-3-5-8/h1-5,7,13H,6H2,(H,15,16,18). The van der Waals surface area contributed by atoms with Crippen molar-refractivity contribution in [3.8, 4) is 0 Å². The molecule has 0 unspecified atom stereocenters. The molecule has 0 fully saturated rings. The Morgan fingerprint density at radius 2 is 2.06 bits per heavy atom. The van der Waals surface area contributed by atoms with Crippen LogP contribution < -0.4 is 11.3 Å². The summed E-state index contributed by atoms with van der Waals surface area (Å²) >= 11 is 0. The van der Waals surface area contributed by atoms with Crippen molar-refractivity contribution in [3.05, 3.63) is 52.6 Å². The lowest BCUT2D eigenvalue weighted by molar-refractivity contribution is 0.819. The van der Waals surface area contributed by atoms with Gasteiger partial charge in [0.2, 0.25) is 5.95 Å². The van der Waals surface area contributed by atoms with Crippen LogP contribution in [0.15, 0.2) is 41.5 Å². The Hall–Kier alpha value is -2.63. The van der Waals surface area contributed by atoms with Gasteiger partial charge in [0, 0.05) is 6.54 Å². The van der Waals surface area contributed by atoms with Gasteiger partial charge in [0.05, 0.1) is 6.33 Å². The minimum absolute atomic E-state index is 0.169. The fraction of sp³-hybridized carbons (Fsp3) is 0.0833. The molecule has 6 heteroatoms. The topological polar surface area (TPSA) is 87.4 Å². The van der Waals surface area contributed by atoms with E-state index in [0.717, 1.165) is 5.56 Å². The third-order valence-corrected chi connectivity index (χ3v) is 2.68. The second kappa shape index (κ2) is 3.99.